The molecule has 0 spiro atoms. The number of hydrogen-bond acceptors (Lipinski definition) is 4. The Kier molecular flexibility index (Phi) is 5.59. The van der Waals surface area contributed by atoms with E-state index in [1.54, 1.807) is 23.1 Å². The van der Waals surface area contributed by atoms with Crippen molar-refractivity contribution in [3.05, 3.63) is 59.7 Å². The monoisotopic (exact) mass is 383 g/mol. The van der Waals surface area contributed by atoms with Gasteiger partial charge in [0.2, 0.25) is 10.0 Å². The zero-order valence-corrected chi connectivity index (χ0v) is 15.9. The molecular weight excluding hydrogens is 362 g/mol. The molecule has 0 atom stereocenters. The lowest BCUT2D eigenvalue weighted by Crippen LogP contribution is -2.46. The number of nitrogens with one attached hydrogen (secondary N) is 1. The molecule has 0 aliphatic carbocycles. The van der Waals surface area contributed by atoms with Gasteiger partial charge in [-0.2, -0.15) is 5.26 Å². The van der Waals surface area contributed by atoms with E-state index in [2.05, 4.69) is 10.8 Å². The molecule has 0 saturated carbocycles. The van der Waals surface area contributed by atoms with E-state index in [1.165, 1.54) is 0 Å². The molecule has 2 aromatic rings. The van der Waals surface area contributed by atoms with Gasteiger partial charge in [0, 0.05) is 30.3 Å². The Bertz CT molecular complexity index is 988. The maximum Gasteiger partial charge on any atom is 0.254 e. The summed E-state index contributed by atoms with van der Waals surface area (Å²) in [6.45, 7) is 0.973. The highest BCUT2D eigenvalue weighted by Gasteiger charge is 2.26. The number of benzene rings is 2. The number of sulfonamides is 1. The van der Waals surface area contributed by atoms with E-state index < -0.39 is 10.0 Å². The predicted molar refractivity (Wildman–Crippen MR) is 103 cm³/mol. The van der Waals surface area contributed by atoms with Gasteiger partial charge in [0.05, 0.1) is 17.9 Å². The smallest absolute Gasteiger partial charge is 0.254 e. The minimum Gasteiger partial charge on any atom is -0.339 e. The van der Waals surface area contributed by atoms with Gasteiger partial charge < -0.3 is 4.90 Å². The number of rotatable bonds is 4. The van der Waals surface area contributed by atoms with Crippen LogP contribution in [0.5, 0.6) is 0 Å². The van der Waals surface area contributed by atoms with Crippen molar-refractivity contribution in [2.45, 2.75) is 18.9 Å². The molecule has 27 heavy (non-hydrogen) atoms. The van der Waals surface area contributed by atoms with Crippen molar-refractivity contribution in [2.75, 3.05) is 19.3 Å². The van der Waals surface area contributed by atoms with E-state index in [4.69, 9.17) is 0 Å². The van der Waals surface area contributed by atoms with Crippen LogP contribution < -0.4 is 4.72 Å². The van der Waals surface area contributed by atoms with Gasteiger partial charge >= 0.3 is 0 Å². The summed E-state index contributed by atoms with van der Waals surface area (Å²) in [6, 6.07) is 16.5. The van der Waals surface area contributed by atoms with Crippen LogP contribution in [0.25, 0.3) is 11.1 Å². The first-order valence-electron chi connectivity index (χ1n) is 8.74. The Labute approximate surface area is 159 Å². The Morgan fingerprint density at radius 1 is 1.07 bits per heavy atom. The largest absolute Gasteiger partial charge is 0.339 e. The summed E-state index contributed by atoms with van der Waals surface area (Å²) < 4.78 is 25.4. The maximum absolute atomic E-state index is 13.1. The van der Waals surface area contributed by atoms with E-state index in [9.17, 15) is 18.5 Å². The highest BCUT2D eigenvalue weighted by atomic mass is 32.2. The summed E-state index contributed by atoms with van der Waals surface area (Å²) in [7, 11) is -3.25. The molecule has 1 aliphatic heterocycles. The van der Waals surface area contributed by atoms with Gasteiger partial charge in [0.25, 0.3) is 5.91 Å². The highest BCUT2D eigenvalue weighted by molar-refractivity contribution is 7.88. The second-order valence-electron chi connectivity index (χ2n) is 6.66. The predicted octanol–water partition coefficient (Wildman–Crippen LogP) is 2.38. The first kappa shape index (κ1) is 19.1. The molecule has 6 nitrogen and oxygen atoms in total. The van der Waals surface area contributed by atoms with Crippen molar-refractivity contribution in [1.82, 2.24) is 9.62 Å². The van der Waals surface area contributed by atoms with Crippen LogP contribution >= 0.6 is 0 Å². The average Bonchev–Trinajstić information content (AvgIpc) is 2.67. The lowest BCUT2D eigenvalue weighted by Gasteiger charge is -2.32. The molecule has 3 rings (SSSR count). The standard InChI is InChI=1S/C20H21N3O3S/c1-27(25,26)22-16-10-12-23(13-11-16)20(24)19-9-5-4-8-18(19)17-7-3-2-6-15(17)14-21/h2-9,16,22H,10-13H2,1H3. The van der Waals surface area contributed by atoms with Gasteiger partial charge in [-0.1, -0.05) is 36.4 Å². The number of piperidine rings is 1. The topological polar surface area (TPSA) is 90.3 Å². The van der Waals surface area contributed by atoms with Gasteiger partial charge in [-0.25, -0.2) is 13.1 Å². The Morgan fingerprint density at radius 3 is 2.30 bits per heavy atom. The van der Waals surface area contributed by atoms with Crippen LogP contribution in [0.3, 0.4) is 0 Å². The zero-order valence-electron chi connectivity index (χ0n) is 15.1. The number of amides is 1. The van der Waals surface area contributed by atoms with Gasteiger partial charge in [-0.05, 0) is 30.5 Å². The van der Waals surface area contributed by atoms with Gasteiger partial charge in [0.1, 0.15) is 0 Å². The molecule has 1 N–H and O–H groups in total. The van der Waals surface area contributed by atoms with Crippen LogP contribution in [0.15, 0.2) is 48.5 Å². The molecule has 1 fully saturated rings. The maximum atomic E-state index is 13.1. The number of carbonyl (C=O) groups excluding carboxylic acids is 1. The fourth-order valence-corrected chi connectivity index (χ4v) is 4.23. The van der Waals surface area contributed by atoms with Crippen LogP contribution in [0.2, 0.25) is 0 Å². The fourth-order valence-electron chi connectivity index (χ4n) is 3.39. The van der Waals surface area contributed by atoms with Crippen LogP contribution in [0.4, 0.5) is 0 Å². The molecule has 0 bridgehead atoms. The van der Waals surface area contributed by atoms with Gasteiger partial charge in [0.15, 0.2) is 0 Å². The van der Waals surface area contributed by atoms with E-state index in [0.717, 1.165) is 17.4 Å². The molecule has 1 aliphatic rings. The quantitative estimate of drug-likeness (QED) is 0.878. The first-order chi connectivity index (χ1) is 12.9. The van der Waals surface area contributed by atoms with E-state index in [0.29, 0.717) is 37.1 Å². The third-order valence-corrected chi connectivity index (χ3v) is 5.42. The third-order valence-electron chi connectivity index (χ3n) is 4.66. The molecule has 1 heterocycles. The van der Waals surface area contributed by atoms with Crippen molar-refractivity contribution in [1.29, 1.82) is 5.26 Å². The summed E-state index contributed by atoms with van der Waals surface area (Å²) in [5.41, 5.74) is 2.54. The Morgan fingerprint density at radius 2 is 1.67 bits per heavy atom. The molecule has 1 amide bonds. The molecule has 140 valence electrons. The number of hydrogen-bond donors (Lipinski definition) is 1. The molecule has 0 aromatic heterocycles. The normalized spacial score (nSPS) is 15.3. The average molecular weight is 383 g/mol. The molecule has 2 aromatic carbocycles. The van der Waals surface area contributed by atoms with E-state index in [1.807, 2.05) is 30.3 Å². The number of nitriles is 1. The summed E-state index contributed by atoms with van der Waals surface area (Å²) in [6.07, 6.45) is 2.30. The molecule has 0 unspecified atom stereocenters. The zero-order chi connectivity index (χ0) is 19.4. The Hall–Kier alpha value is -2.69. The van der Waals surface area contributed by atoms with Gasteiger partial charge in [-0.3, -0.25) is 4.79 Å². The third kappa shape index (κ3) is 4.54. The van der Waals surface area contributed by atoms with E-state index >= 15 is 0 Å². The van der Waals surface area contributed by atoms with Crippen LogP contribution in [0, 0.1) is 11.3 Å². The van der Waals surface area contributed by atoms with Crippen molar-refractivity contribution in [3.8, 4) is 17.2 Å². The van der Waals surface area contributed by atoms with Crippen LogP contribution in [-0.4, -0.2) is 44.6 Å². The van der Waals surface area contributed by atoms with Crippen molar-refractivity contribution < 1.29 is 13.2 Å². The Balaban J connectivity index is 1.82. The van der Waals surface area contributed by atoms with Crippen molar-refractivity contribution in [3.63, 3.8) is 0 Å². The SMILES string of the molecule is CS(=O)(=O)NC1CCN(C(=O)c2ccccc2-c2ccccc2C#N)CC1. The fraction of sp³-hybridized carbons (Fsp3) is 0.300. The number of carbonyl (C=O) groups is 1. The van der Waals surface area contributed by atoms with Crippen molar-refractivity contribution >= 4 is 15.9 Å². The lowest BCUT2D eigenvalue weighted by atomic mass is 9.94. The minimum atomic E-state index is -3.25. The number of likely N-dealkylation sites (tertiary alicyclic amines) is 1. The van der Waals surface area contributed by atoms with Gasteiger partial charge in [-0.15, -0.1) is 0 Å². The van der Waals surface area contributed by atoms with Crippen LogP contribution in [0.1, 0.15) is 28.8 Å². The molecular formula is C20H21N3O3S. The van der Waals surface area contributed by atoms with Crippen molar-refractivity contribution in [2.24, 2.45) is 0 Å². The number of nitrogens with zero attached hydrogens (tertiary/aromatic N) is 2. The van der Waals surface area contributed by atoms with E-state index in [-0.39, 0.29) is 11.9 Å². The summed E-state index contributed by atoms with van der Waals surface area (Å²) >= 11 is 0. The second kappa shape index (κ2) is 7.91. The minimum absolute atomic E-state index is 0.101. The summed E-state index contributed by atoms with van der Waals surface area (Å²) in [5.74, 6) is -0.101. The summed E-state index contributed by atoms with van der Waals surface area (Å²) in [5, 5.41) is 9.38. The summed E-state index contributed by atoms with van der Waals surface area (Å²) in [4.78, 5) is 14.8. The highest BCUT2D eigenvalue weighted by Crippen LogP contribution is 2.28. The molecule has 1 saturated heterocycles. The molecule has 0 radical (unpaired) electrons. The first-order valence-corrected chi connectivity index (χ1v) is 10.6. The van der Waals surface area contributed by atoms with Crippen LogP contribution in [-0.2, 0) is 10.0 Å². The second-order valence-corrected chi connectivity index (χ2v) is 8.44. The lowest BCUT2D eigenvalue weighted by molar-refractivity contribution is 0.0712. The molecule has 7 heteroatoms.